The SMILES string of the molecule is CCOc1cc(F)ccc1[C@H](C)CNc1cc(-c2ccc(N3CCN(C)CC3)nc2)ncn1. The van der Waals surface area contributed by atoms with Gasteiger partial charge >= 0.3 is 0 Å². The van der Waals surface area contributed by atoms with Crippen molar-refractivity contribution >= 4 is 11.6 Å². The number of likely N-dealkylation sites (N-methyl/N-ethyl adjacent to an activating group) is 1. The topological polar surface area (TPSA) is 66.4 Å². The minimum Gasteiger partial charge on any atom is -0.493 e. The second-order valence-electron chi connectivity index (χ2n) is 8.38. The molecule has 4 rings (SSSR count). The molecule has 1 aliphatic rings. The molecule has 0 amide bonds. The normalized spacial score (nSPS) is 15.3. The van der Waals surface area contributed by atoms with E-state index in [9.17, 15) is 4.39 Å². The Morgan fingerprint density at radius 2 is 1.88 bits per heavy atom. The van der Waals surface area contributed by atoms with Crippen molar-refractivity contribution in [1.29, 1.82) is 0 Å². The van der Waals surface area contributed by atoms with Crippen LogP contribution >= 0.6 is 0 Å². The molecule has 0 radical (unpaired) electrons. The zero-order chi connectivity index (χ0) is 23.2. The average molecular weight is 451 g/mol. The van der Waals surface area contributed by atoms with Gasteiger partial charge < -0.3 is 19.9 Å². The highest BCUT2D eigenvalue weighted by Crippen LogP contribution is 2.28. The number of ether oxygens (including phenoxy) is 1. The van der Waals surface area contributed by atoms with Gasteiger partial charge in [-0.25, -0.2) is 19.3 Å². The Kier molecular flexibility index (Phi) is 7.34. The molecule has 7 nitrogen and oxygen atoms in total. The third-order valence-corrected chi connectivity index (χ3v) is 5.93. The van der Waals surface area contributed by atoms with E-state index < -0.39 is 0 Å². The molecule has 1 saturated heterocycles. The Balaban J connectivity index is 1.41. The summed E-state index contributed by atoms with van der Waals surface area (Å²) >= 11 is 0. The predicted octanol–water partition coefficient (Wildman–Crippen LogP) is 4.04. The van der Waals surface area contributed by atoms with Crippen molar-refractivity contribution in [2.24, 2.45) is 0 Å². The predicted molar refractivity (Wildman–Crippen MR) is 129 cm³/mol. The van der Waals surface area contributed by atoms with E-state index in [0.29, 0.717) is 18.9 Å². The van der Waals surface area contributed by atoms with Crippen molar-refractivity contribution in [2.75, 3.05) is 56.6 Å². The summed E-state index contributed by atoms with van der Waals surface area (Å²) in [4.78, 5) is 18.1. The number of aromatic nitrogens is 3. The fourth-order valence-electron chi connectivity index (χ4n) is 3.94. The van der Waals surface area contributed by atoms with Gasteiger partial charge in [0.1, 0.15) is 29.5 Å². The Labute approximate surface area is 194 Å². The van der Waals surface area contributed by atoms with E-state index >= 15 is 0 Å². The van der Waals surface area contributed by atoms with Crippen LogP contribution in [0.15, 0.2) is 48.9 Å². The van der Waals surface area contributed by atoms with E-state index in [1.165, 1.54) is 12.1 Å². The van der Waals surface area contributed by atoms with Crippen LogP contribution in [0.1, 0.15) is 25.3 Å². The highest BCUT2D eigenvalue weighted by atomic mass is 19.1. The molecule has 0 spiro atoms. The maximum atomic E-state index is 13.6. The number of hydrogen-bond acceptors (Lipinski definition) is 7. The molecule has 2 aromatic heterocycles. The number of nitrogens with one attached hydrogen (secondary N) is 1. The highest BCUT2D eigenvalue weighted by molar-refractivity contribution is 5.62. The van der Waals surface area contributed by atoms with Crippen LogP contribution in [0.4, 0.5) is 16.0 Å². The van der Waals surface area contributed by atoms with Crippen LogP contribution in [0.5, 0.6) is 5.75 Å². The number of hydrogen-bond donors (Lipinski definition) is 1. The Bertz CT molecular complexity index is 1050. The standard InChI is InChI=1S/C25H31FN6O/c1-4-33-23-13-20(26)6-7-21(23)18(2)15-27-24-14-22(29-17-30-24)19-5-8-25(28-16-19)32-11-9-31(3)10-12-32/h5-8,13-14,16-18H,4,9-12,15H2,1-3H3,(H,27,29,30)/t18-/m1/s1. The quantitative estimate of drug-likeness (QED) is 0.555. The molecule has 174 valence electrons. The van der Waals surface area contributed by atoms with Crippen molar-refractivity contribution in [3.63, 3.8) is 0 Å². The molecular weight excluding hydrogens is 419 g/mol. The van der Waals surface area contributed by atoms with Crippen molar-refractivity contribution in [3.05, 3.63) is 60.3 Å². The number of rotatable bonds is 8. The number of nitrogens with zero attached hydrogens (tertiary/aromatic N) is 5. The van der Waals surface area contributed by atoms with Gasteiger partial charge in [-0.3, -0.25) is 0 Å². The van der Waals surface area contributed by atoms with Gasteiger partial charge in [-0.2, -0.15) is 0 Å². The molecule has 0 saturated carbocycles. The average Bonchev–Trinajstić information content (AvgIpc) is 2.84. The van der Waals surface area contributed by atoms with Crippen LogP contribution in [0.25, 0.3) is 11.3 Å². The van der Waals surface area contributed by atoms with E-state index in [1.54, 1.807) is 12.4 Å². The summed E-state index contributed by atoms with van der Waals surface area (Å²) in [7, 11) is 2.15. The lowest BCUT2D eigenvalue weighted by Gasteiger charge is -2.33. The molecule has 1 N–H and O–H groups in total. The summed E-state index contributed by atoms with van der Waals surface area (Å²) in [6.45, 7) is 9.16. The van der Waals surface area contributed by atoms with Gasteiger partial charge in [0.15, 0.2) is 0 Å². The largest absolute Gasteiger partial charge is 0.493 e. The highest BCUT2D eigenvalue weighted by Gasteiger charge is 2.16. The second kappa shape index (κ2) is 10.6. The third-order valence-electron chi connectivity index (χ3n) is 5.93. The monoisotopic (exact) mass is 450 g/mol. The van der Waals surface area contributed by atoms with Gasteiger partial charge in [-0.1, -0.05) is 13.0 Å². The molecular formula is C25H31FN6O. The van der Waals surface area contributed by atoms with E-state index in [2.05, 4.69) is 56.2 Å². The van der Waals surface area contributed by atoms with Crippen LogP contribution in [0, 0.1) is 5.82 Å². The van der Waals surface area contributed by atoms with Crippen LogP contribution in [-0.2, 0) is 0 Å². The number of anilines is 2. The molecule has 0 unspecified atom stereocenters. The Hall–Kier alpha value is -3.26. The zero-order valence-corrected chi connectivity index (χ0v) is 19.5. The molecule has 1 aromatic carbocycles. The molecule has 1 fully saturated rings. The summed E-state index contributed by atoms with van der Waals surface area (Å²) in [6, 6.07) is 10.7. The van der Waals surface area contributed by atoms with Crippen LogP contribution < -0.4 is 15.0 Å². The van der Waals surface area contributed by atoms with Crippen LogP contribution in [0.3, 0.4) is 0 Å². The number of halogens is 1. The first-order chi connectivity index (χ1) is 16.0. The van der Waals surface area contributed by atoms with Crippen molar-refractivity contribution in [2.45, 2.75) is 19.8 Å². The molecule has 8 heteroatoms. The maximum Gasteiger partial charge on any atom is 0.129 e. The van der Waals surface area contributed by atoms with Gasteiger partial charge in [0, 0.05) is 62.5 Å². The van der Waals surface area contributed by atoms with E-state index in [1.807, 2.05) is 19.2 Å². The number of piperazine rings is 1. The molecule has 0 bridgehead atoms. The molecule has 0 aliphatic carbocycles. The van der Waals surface area contributed by atoms with Crippen molar-refractivity contribution < 1.29 is 9.13 Å². The minimum atomic E-state index is -0.296. The lowest BCUT2D eigenvalue weighted by Crippen LogP contribution is -2.44. The molecule has 33 heavy (non-hydrogen) atoms. The van der Waals surface area contributed by atoms with Crippen molar-refractivity contribution in [1.82, 2.24) is 19.9 Å². The molecule has 1 atom stereocenters. The first-order valence-corrected chi connectivity index (χ1v) is 11.4. The smallest absolute Gasteiger partial charge is 0.129 e. The lowest BCUT2D eigenvalue weighted by molar-refractivity contribution is 0.312. The maximum absolute atomic E-state index is 13.6. The summed E-state index contributed by atoms with van der Waals surface area (Å²) < 4.78 is 19.2. The van der Waals surface area contributed by atoms with Gasteiger partial charge in [0.25, 0.3) is 0 Å². The first kappa shape index (κ1) is 22.9. The van der Waals surface area contributed by atoms with E-state index in [-0.39, 0.29) is 11.7 Å². The van der Waals surface area contributed by atoms with E-state index in [4.69, 9.17) is 4.74 Å². The molecule has 1 aliphatic heterocycles. The first-order valence-electron chi connectivity index (χ1n) is 11.4. The van der Waals surface area contributed by atoms with Crippen molar-refractivity contribution in [3.8, 4) is 17.0 Å². The fraction of sp³-hybridized carbons (Fsp3) is 0.400. The summed E-state index contributed by atoms with van der Waals surface area (Å²) in [5, 5.41) is 3.37. The van der Waals surface area contributed by atoms with Crippen LogP contribution in [0.2, 0.25) is 0 Å². The van der Waals surface area contributed by atoms with Gasteiger partial charge in [0.2, 0.25) is 0 Å². The third kappa shape index (κ3) is 5.76. The lowest BCUT2D eigenvalue weighted by atomic mass is 10.00. The second-order valence-corrected chi connectivity index (χ2v) is 8.38. The number of pyridine rings is 1. The summed E-state index contributed by atoms with van der Waals surface area (Å²) in [5.74, 6) is 2.12. The minimum absolute atomic E-state index is 0.107. The number of benzene rings is 1. The summed E-state index contributed by atoms with van der Waals surface area (Å²) in [6.07, 6.45) is 3.43. The molecule has 3 aromatic rings. The summed E-state index contributed by atoms with van der Waals surface area (Å²) in [5.41, 5.74) is 2.72. The van der Waals surface area contributed by atoms with Gasteiger partial charge in [-0.05, 0) is 37.7 Å². The van der Waals surface area contributed by atoms with Crippen LogP contribution in [-0.4, -0.2) is 66.2 Å². The zero-order valence-electron chi connectivity index (χ0n) is 19.5. The van der Waals surface area contributed by atoms with E-state index in [0.717, 1.165) is 54.6 Å². The van der Waals surface area contributed by atoms with Gasteiger partial charge in [-0.15, -0.1) is 0 Å². The Morgan fingerprint density at radius 3 is 2.61 bits per heavy atom. The van der Waals surface area contributed by atoms with Gasteiger partial charge in [0.05, 0.1) is 12.3 Å². The molecule has 3 heterocycles. The fourth-order valence-corrected chi connectivity index (χ4v) is 3.94. The Morgan fingerprint density at radius 1 is 1.06 bits per heavy atom.